The number of nitrogens with one attached hydrogen (secondary N) is 1. The van der Waals surface area contributed by atoms with Gasteiger partial charge in [-0.15, -0.1) is 0 Å². The lowest BCUT2D eigenvalue weighted by Crippen LogP contribution is -2.10. The lowest BCUT2D eigenvalue weighted by Gasteiger charge is -2.00. The highest BCUT2D eigenvalue weighted by Crippen LogP contribution is 2.22. The molecule has 0 fully saturated rings. The number of carbonyl (C=O) groups excluding carboxylic acids is 1. The van der Waals surface area contributed by atoms with E-state index in [4.69, 9.17) is 8.83 Å². The lowest BCUT2D eigenvalue weighted by molar-refractivity contribution is 0.0997. The third-order valence-electron chi connectivity index (χ3n) is 3.44. The van der Waals surface area contributed by atoms with Crippen LogP contribution in [0.5, 0.6) is 0 Å². The minimum Gasteiger partial charge on any atom is -0.425 e. The van der Waals surface area contributed by atoms with Crippen LogP contribution in [0.2, 0.25) is 0 Å². The number of anilines is 1. The second-order valence-electron chi connectivity index (χ2n) is 4.93. The topological polar surface area (TPSA) is 85.3 Å². The smallest absolute Gasteiger partial charge is 0.302 e. The molecule has 23 heavy (non-hydrogen) atoms. The Morgan fingerprint density at radius 3 is 2.61 bits per heavy atom. The predicted molar refractivity (Wildman–Crippen MR) is 84.4 cm³/mol. The van der Waals surface area contributed by atoms with E-state index < -0.39 is 5.91 Å². The zero-order valence-electron chi connectivity index (χ0n) is 11.8. The first-order valence-electron chi connectivity index (χ1n) is 6.89. The molecule has 4 aromatic rings. The van der Waals surface area contributed by atoms with Gasteiger partial charge in [0.1, 0.15) is 11.0 Å². The van der Waals surface area contributed by atoms with Crippen LogP contribution in [0.1, 0.15) is 10.6 Å². The summed E-state index contributed by atoms with van der Waals surface area (Å²) in [4.78, 5) is 28.5. The average molecular weight is 306 g/mol. The molecule has 1 aromatic carbocycles. The van der Waals surface area contributed by atoms with Crippen molar-refractivity contribution in [1.82, 2.24) is 4.98 Å². The van der Waals surface area contributed by atoms with Crippen molar-refractivity contribution in [2.24, 2.45) is 0 Å². The summed E-state index contributed by atoms with van der Waals surface area (Å²) < 4.78 is 10.9. The number of pyridine rings is 1. The van der Waals surface area contributed by atoms with E-state index >= 15 is 0 Å². The molecule has 3 aromatic heterocycles. The molecule has 4 rings (SSSR count). The number of furan rings is 1. The van der Waals surface area contributed by atoms with Gasteiger partial charge in [0.05, 0.1) is 5.39 Å². The molecular formula is C17H10N2O4. The Kier molecular flexibility index (Phi) is 2.94. The van der Waals surface area contributed by atoms with Gasteiger partial charge in [0, 0.05) is 24.1 Å². The fraction of sp³-hybridized carbons (Fsp3) is 0. The van der Waals surface area contributed by atoms with Crippen LogP contribution in [-0.4, -0.2) is 10.9 Å². The van der Waals surface area contributed by atoms with E-state index in [1.54, 1.807) is 48.8 Å². The van der Waals surface area contributed by atoms with Gasteiger partial charge in [-0.1, -0.05) is 12.1 Å². The zero-order valence-corrected chi connectivity index (χ0v) is 11.8. The fourth-order valence-corrected chi connectivity index (χ4v) is 2.34. The fourth-order valence-electron chi connectivity index (χ4n) is 2.34. The number of nitrogens with zero attached hydrogens (tertiary/aromatic N) is 1. The first-order chi connectivity index (χ1) is 11.2. The summed E-state index contributed by atoms with van der Waals surface area (Å²) in [5.41, 5.74) is 0.768. The number of amides is 1. The monoisotopic (exact) mass is 306 g/mol. The Hall–Kier alpha value is -3.41. The van der Waals surface area contributed by atoms with Crippen LogP contribution in [0, 0.1) is 0 Å². The first kappa shape index (κ1) is 13.3. The van der Waals surface area contributed by atoms with E-state index in [1.165, 1.54) is 6.07 Å². The van der Waals surface area contributed by atoms with E-state index in [2.05, 4.69) is 10.3 Å². The van der Waals surface area contributed by atoms with Crippen molar-refractivity contribution in [3.8, 4) is 0 Å². The molecule has 0 aliphatic rings. The average Bonchev–Trinajstić information content (AvgIpc) is 3.00. The Morgan fingerprint density at radius 2 is 1.78 bits per heavy atom. The molecular weight excluding hydrogens is 296 g/mol. The molecule has 0 spiro atoms. The highest BCUT2D eigenvalue weighted by atomic mass is 16.5. The number of rotatable bonds is 2. The molecule has 0 aliphatic carbocycles. The highest BCUT2D eigenvalue weighted by molar-refractivity contribution is 6.04. The summed E-state index contributed by atoms with van der Waals surface area (Å²) in [6.07, 6.45) is 3.12. The molecule has 0 atom stereocenters. The van der Waals surface area contributed by atoms with Crippen LogP contribution >= 0.6 is 0 Å². The normalized spacial score (nSPS) is 11.0. The largest absolute Gasteiger partial charge is 0.425 e. The van der Waals surface area contributed by atoms with Gasteiger partial charge in [-0.05, 0) is 24.3 Å². The van der Waals surface area contributed by atoms with E-state index in [1.807, 2.05) is 0 Å². The van der Waals surface area contributed by atoms with Gasteiger partial charge in [0.15, 0.2) is 5.76 Å². The van der Waals surface area contributed by atoms with Crippen molar-refractivity contribution in [3.05, 3.63) is 70.8 Å². The van der Waals surface area contributed by atoms with Crippen LogP contribution < -0.4 is 10.7 Å². The summed E-state index contributed by atoms with van der Waals surface area (Å²) in [5.74, 6) is -0.424. The molecule has 6 heteroatoms. The van der Waals surface area contributed by atoms with E-state index in [-0.39, 0.29) is 22.4 Å². The van der Waals surface area contributed by atoms with E-state index in [0.29, 0.717) is 16.7 Å². The Morgan fingerprint density at radius 1 is 1.00 bits per heavy atom. The van der Waals surface area contributed by atoms with Gasteiger partial charge in [0.25, 0.3) is 5.91 Å². The minimum atomic E-state index is -0.467. The maximum absolute atomic E-state index is 12.4. The molecule has 0 unspecified atom stereocenters. The molecule has 6 nitrogen and oxygen atoms in total. The van der Waals surface area contributed by atoms with Gasteiger partial charge >= 0.3 is 5.78 Å². The van der Waals surface area contributed by atoms with Crippen molar-refractivity contribution in [2.75, 3.05) is 5.32 Å². The standard InChI is InChI=1S/C17H10N2O4/c20-15-11-3-1-2-4-13(11)22-17-12(15)9-14(23-17)16(21)19-10-5-7-18-8-6-10/h1-9H,(H,18,19,21). The van der Waals surface area contributed by atoms with Gasteiger partial charge in [-0.3, -0.25) is 14.6 Å². The van der Waals surface area contributed by atoms with Gasteiger partial charge in [-0.25, -0.2) is 0 Å². The molecule has 3 heterocycles. The van der Waals surface area contributed by atoms with Crippen molar-refractivity contribution in [3.63, 3.8) is 0 Å². The molecule has 112 valence electrons. The van der Waals surface area contributed by atoms with Gasteiger partial charge in [0.2, 0.25) is 5.43 Å². The van der Waals surface area contributed by atoms with Crippen LogP contribution in [0.15, 0.2) is 68.5 Å². The maximum atomic E-state index is 12.4. The first-order valence-corrected chi connectivity index (χ1v) is 6.89. The molecule has 0 bridgehead atoms. The lowest BCUT2D eigenvalue weighted by atomic mass is 10.2. The summed E-state index contributed by atoms with van der Waals surface area (Å²) >= 11 is 0. The van der Waals surface area contributed by atoms with Crippen molar-refractivity contribution in [2.45, 2.75) is 0 Å². The van der Waals surface area contributed by atoms with E-state index in [0.717, 1.165) is 0 Å². The SMILES string of the molecule is O=C(Nc1ccncc1)c1cc2c(=O)c3ccccc3oc2o1. The summed E-state index contributed by atoms with van der Waals surface area (Å²) in [6.45, 7) is 0. The van der Waals surface area contributed by atoms with Crippen LogP contribution in [-0.2, 0) is 0 Å². The number of carbonyl (C=O) groups is 1. The molecule has 1 amide bonds. The Bertz CT molecular complexity index is 1080. The third-order valence-corrected chi connectivity index (χ3v) is 3.44. The number of para-hydroxylation sites is 1. The van der Waals surface area contributed by atoms with Gasteiger partial charge < -0.3 is 14.2 Å². The summed E-state index contributed by atoms with van der Waals surface area (Å²) in [7, 11) is 0. The predicted octanol–water partition coefficient (Wildman–Crippen LogP) is 3.19. The second-order valence-corrected chi connectivity index (χ2v) is 4.93. The third kappa shape index (κ3) is 2.26. The molecule has 0 saturated carbocycles. The van der Waals surface area contributed by atoms with Crippen LogP contribution in [0.4, 0.5) is 5.69 Å². The number of aromatic nitrogens is 1. The number of hydrogen-bond acceptors (Lipinski definition) is 5. The van der Waals surface area contributed by atoms with Gasteiger partial charge in [-0.2, -0.15) is 0 Å². The van der Waals surface area contributed by atoms with Crippen LogP contribution in [0.3, 0.4) is 0 Å². The quantitative estimate of drug-likeness (QED) is 0.614. The summed E-state index contributed by atoms with van der Waals surface area (Å²) in [6, 6.07) is 11.6. The van der Waals surface area contributed by atoms with Crippen LogP contribution in [0.25, 0.3) is 22.1 Å². The molecule has 0 aliphatic heterocycles. The van der Waals surface area contributed by atoms with E-state index in [9.17, 15) is 9.59 Å². The number of hydrogen-bond donors (Lipinski definition) is 1. The molecule has 0 radical (unpaired) electrons. The van der Waals surface area contributed by atoms with Crippen molar-refractivity contribution in [1.29, 1.82) is 0 Å². The Labute approximate surface area is 129 Å². The summed E-state index contributed by atoms with van der Waals surface area (Å²) in [5, 5.41) is 3.35. The highest BCUT2D eigenvalue weighted by Gasteiger charge is 2.17. The molecule has 1 N–H and O–H groups in total. The van der Waals surface area contributed by atoms with Crippen molar-refractivity contribution < 1.29 is 13.6 Å². The zero-order chi connectivity index (χ0) is 15.8. The number of fused-ring (bicyclic) bond motifs is 2. The Balaban J connectivity index is 1.80. The number of benzene rings is 1. The minimum absolute atomic E-state index is 0.00738. The maximum Gasteiger partial charge on any atom is 0.302 e. The second kappa shape index (κ2) is 5.10. The molecule has 0 saturated heterocycles. The van der Waals surface area contributed by atoms with Crippen molar-refractivity contribution >= 4 is 33.7 Å².